The summed E-state index contributed by atoms with van der Waals surface area (Å²) >= 11 is 0. The van der Waals surface area contributed by atoms with Crippen molar-refractivity contribution in [2.75, 3.05) is 6.61 Å². The van der Waals surface area contributed by atoms with Crippen LogP contribution >= 0.6 is 0 Å². The molecule has 0 fully saturated rings. The second-order valence-corrected chi connectivity index (χ2v) is 4.10. The lowest BCUT2D eigenvalue weighted by Gasteiger charge is -2.13. The van der Waals surface area contributed by atoms with Crippen LogP contribution in [0.1, 0.15) is 38.2 Å². The van der Waals surface area contributed by atoms with Crippen LogP contribution < -0.4 is 4.74 Å². The van der Waals surface area contributed by atoms with E-state index in [0.29, 0.717) is 12.0 Å². The van der Waals surface area contributed by atoms with Gasteiger partial charge in [0.05, 0.1) is 17.4 Å². The van der Waals surface area contributed by atoms with Crippen molar-refractivity contribution in [3.63, 3.8) is 0 Å². The molecule has 1 unspecified atom stereocenters. The average Bonchev–Trinajstić information content (AvgIpc) is 2.35. The van der Waals surface area contributed by atoms with Crippen LogP contribution in [0.15, 0.2) is 18.2 Å². The average molecular weight is 267 g/mol. The molecular formula is C13H17NO5. The van der Waals surface area contributed by atoms with Crippen molar-refractivity contribution in [1.82, 2.24) is 0 Å². The van der Waals surface area contributed by atoms with Gasteiger partial charge in [-0.2, -0.15) is 0 Å². The van der Waals surface area contributed by atoms with E-state index in [1.165, 1.54) is 18.2 Å². The number of rotatable bonds is 7. The zero-order valence-corrected chi connectivity index (χ0v) is 11.0. The highest BCUT2D eigenvalue weighted by molar-refractivity contribution is 5.76. The minimum absolute atomic E-state index is 0.118. The fourth-order valence-corrected chi connectivity index (χ4v) is 1.89. The molecule has 0 bridgehead atoms. The summed E-state index contributed by atoms with van der Waals surface area (Å²) in [6.07, 6.45) is 1.20. The summed E-state index contributed by atoms with van der Waals surface area (Å²) in [6, 6.07) is 4.23. The summed E-state index contributed by atoms with van der Waals surface area (Å²) in [7, 11) is 0. The molecule has 0 saturated heterocycles. The van der Waals surface area contributed by atoms with Gasteiger partial charge in [0.1, 0.15) is 0 Å². The number of carbonyl (C=O) groups is 1. The number of carboxylic acids is 1. The van der Waals surface area contributed by atoms with Crippen molar-refractivity contribution in [3.05, 3.63) is 33.9 Å². The van der Waals surface area contributed by atoms with Gasteiger partial charge < -0.3 is 9.84 Å². The molecule has 1 rings (SSSR count). The Morgan fingerprint density at radius 1 is 1.47 bits per heavy atom. The van der Waals surface area contributed by atoms with E-state index in [1.54, 1.807) is 6.92 Å². The molecule has 1 atom stereocenters. The molecule has 0 aromatic heterocycles. The highest BCUT2D eigenvalue weighted by Crippen LogP contribution is 2.32. The molecular weight excluding hydrogens is 250 g/mol. The van der Waals surface area contributed by atoms with Gasteiger partial charge >= 0.3 is 11.7 Å². The molecule has 6 nitrogen and oxygen atoms in total. The highest BCUT2D eigenvalue weighted by atomic mass is 16.6. The predicted octanol–water partition coefficient (Wildman–Crippen LogP) is 2.96. The Bertz CT molecular complexity index is 472. The molecule has 19 heavy (non-hydrogen) atoms. The molecule has 0 amide bonds. The fourth-order valence-electron chi connectivity index (χ4n) is 1.89. The largest absolute Gasteiger partial charge is 0.487 e. The standard InChI is InChI=1S/C13H17NO5/c1-3-5-10(13(15)16)9-6-7-11(14(17)18)12(8-9)19-4-2/h6-8,10H,3-5H2,1-2H3,(H,15,16). The molecule has 0 spiro atoms. The normalized spacial score (nSPS) is 11.9. The highest BCUT2D eigenvalue weighted by Gasteiger charge is 2.23. The van der Waals surface area contributed by atoms with E-state index in [1.807, 2.05) is 6.92 Å². The fraction of sp³-hybridized carbons (Fsp3) is 0.462. The van der Waals surface area contributed by atoms with Crippen LogP contribution in [-0.4, -0.2) is 22.6 Å². The van der Waals surface area contributed by atoms with Gasteiger partial charge in [0.15, 0.2) is 5.75 Å². The first-order valence-corrected chi connectivity index (χ1v) is 6.15. The lowest BCUT2D eigenvalue weighted by Crippen LogP contribution is -2.12. The molecule has 0 aliphatic carbocycles. The van der Waals surface area contributed by atoms with Crippen LogP contribution in [0.3, 0.4) is 0 Å². The van der Waals surface area contributed by atoms with Gasteiger partial charge in [-0.25, -0.2) is 0 Å². The maximum absolute atomic E-state index is 11.2. The Kier molecular flexibility index (Phi) is 5.29. The van der Waals surface area contributed by atoms with Gasteiger partial charge in [-0.3, -0.25) is 14.9 Å². The third-order valence-electron chi connectivity index (χ3n) is 2.76. The quantitative estimate of drug-likeness (QED) is 0.606. The molecule has 1 N–H and O–H groups in total. The maximum Gasteiger partial charge on any atom is 0.310 e. The van der Waals surface area contributed by atoms with Crippen molar-refractivity contribution in [2.24, 2.45) is 0 Å². The summed E-state index contributed by atoms with van der Waals surface area (Å²) in [4.78, 5) is 21.5. The summed E-state index contributed by atoms with van der Waals surface area (Å²) in [5.41, 5.74) is 0.384. The zero-order chi connectivity index (χ0) is 14.4. The van der Waals surface area contributed by atoms with Gasteiger partial charge in [0.2, 0.25) is 0 Å². The smallest absolute Gasteiger partial charge is 0.310 e. The number of hydrogen-bond acceptors (Lipinski definition) is 4. The van der Waals surface area contributed by atoms with Crippen LogP contribution in [-0.2, 0) is 4.79 Å². The summed E-state index contributed by atoms with van der Waals surface area (Å²) < 4.78 is 5.21. The first-order valence-electron chi connectivity index (χ1n) is 6.15. The van der Waals surface area contributed by atoms with E-state index in [-0.39, 0.29) is 18.0 Å². The van der Waals surface area contributed by atoms with Crippen LogP contribution in [0.4, 0.5) is 5.69 Å². The number of hydrogen-bond donors (Lipinski definition) is 1. The number of ether oxygens (including phenoxy) is 1. The van der Waals surface area contributed by atoms with Crippen molar-refractivity contribution in [2.45, 2.75) is 32.6 Å². The number of carboxylic acid groups (broad SMARTS) is 1. The van der Waals surface area contributed by atoms with E-state index in [9.17, 15) is 20.0 Å². The minimum Gasteiger partial charge on any atom is -0.487 e. The van der Waals surface area contributed by atoms with Crippen molar-refractivity contribution >= 4 is 11.7 Å². The molecule has 104 valence electrons. The van der Waals surface area contributed by atoms with Crippen LogP contribution in [0.2, 0.25) is 0 Å². The van der Waals surface area contributed by atoms with Crippen molar-refractivity contribution < 1.29 is 19.6 Å². The number of nitro groups is 1. The SMILES string of the molecule is CCCC(C(=O)O)c1ccc([N+](=O)[O-])c(OCC)c1. The Morgan fingerprint density at radius 3 is 2.63 bits per heavy atom. The second kappa shape index (κ2) is 6.72. The van der Waals surface area contributed by atoms with Crippen LogP contribution in [0.5, 0.6) is 5.75 Å². The van der Waals surface area contributed by atoms with Gasteiger partial charge in [-0.15, -0.1) is 0 Å². The van der Waals surface area contributed by atoms with E-state index >= 15 is 0 Å². The molecule has 1 aromatic carbocycles. The number of nitro benzene ring substituents is 1. The Labute approximate surface area is 111 Å². The third-order valence-corrected chi connectivity index (χ3v) is 2.76. The van der Waals surface area contributed by atoms with Crippen LogP contribution in [0, 0.1) is 10.1 Å². The third kappa shape index (κ3) is 3.67. The first-order chi connectivity index (χ1) is 9.01. The molecule has 1 aromatic rings. The maximum atomic E-state index is 11.2. The number of aliphatic carboxylic acids is 1. The number of nitrogens with zero attached hydrogens (tertiary/aromatic N) is 1. The van der Waals surface area contributed by atoms with E-state index in [4.69, 9.17) is 4.74 Å². The van der Waals surface area contributed by atoms with E-state index in [2.05, 4.69) is 0 Å². The zero-order valence-electron chi connectivity index (χ0n) is 11.0. The van der Waals surface area contributed by atoms with Crippen LogP contribution in [0.25, 0.3) is 0 Å². The lowest BCUT2D eigenvalue weighted by molar-refractivity contribution is -0.385. The van der Waals surface area contributed by atoms with E-state index < -0.39 is 16.8 Å². The Balaban J connectivity index is 3.18. The summed E-state index contributed by atoms with van der Waals surface area (Å²) in [6.45, 7) is 3.90. The minimum atomic E-state index is -0.932. The Morgan fingerprint density at radius 2 is 2.16 bits per heavy atom. The lowest BCUT2D eigenvalue weighted by atomic mass is 9.94. The topological polar surface area (TPSA) is 89.7 Å². The van der Waals surface area contributed by atoms with Gasteiger partial charge in [0.25, 0.3) is 0 Å². The second-order valence-electron chi connectivity index (χ2n) is 4.10. The van der Waals surface area contributed by atoms with Gasteiger partial charge in [-0.1, -0.05) is 19.4 Å². The number of benzene rings is 1. The summed E-state index contributed by atoms with van der Waals surface area (Å²) in [5.74, 6) is -1.48. The molecule has 0 radical (unpaired) electrons. The predicted molar refractivity (Wildman–Crippen MR) is 69.6 cm³/mol. The molecule has 0 heterocycles. The molecule has 6 heteroatoms. The van der Waals surface area contributed by atoms with E-state index in [0.717, 1.165) is 6.42 Å². The van der Waals surface area contributed by atoms with Crippen molar-refractivity contribution in [3.8, 4) is 5.75 Å². The molecule has 0 aliphatic rings. The molecule has 0 aliphatic heterocycles. The summed E-state index contributed by atoms with van der Waals surface area (Å²) in [5, 5.41) is 20.0. The molecule has 0 saturated carbocycles. The van der Waals surface area contributed by atoms with Gasteiger partial charge in [-0.05, 0) is 25.0 Å². The monoisotopic (exact) mass is 267 g/mol. The van der Waals surface area contributed by atoms with Crippen molar-refractivity contribution in [1.29, 1.82) is 0 Å². The van der Waals surface area contributed by atoms with Gasteiger partial charge in [0, 0.05) is 6.07 Å². The Hall–Kier alpha value is -2.11. The first kappa shape index (κ1) is 14.9.